The zero-order valence-corrected chi connectivity index (χ0v) is 12.4. The molecule has 2 N–H and O–H groups in total. The molecule has 1 heterocycles. The molecule has 0 bridgehead atoms. The lowest BCUT2D eigenvalue weighted by Gasteiger charge is -2.17. The molecule has 1 fully saturated rings. The van der Waals surface area contributed by atoms with E-state index in [2.05, 4.69) is 18.4 Å². The van der Waals surface area contributed by atoms with Crippen LogP contribution in [-0.2, 0) is 11.3 Å². The molecule has 1 aromatic carbocycles. The van der Waals surface area contributed by atoms with Gasteiger partial charge >= 0.3 is 6.09 Å². The summed E-state index contributed by atoms with van der Waals surface area (Å²) in [5.74, 6) is 0. The Morgan fingerprint density at radius 3 is 2.63 bits per heavy atom. The minimum atomic E-state index is -1.34. The van der Waals surface area contributed by atoms with E-state index in [1.807, 2.05) is 30.3 Å². The van der Waals surface area contributed by atoms with Crippen LogP contribution in [0.5, 0.6) is 0 Å². The highest BCUT2D eigenvalue weighted by molar-refractivity contribution is 6.78. The van der Waals surface area contributed by atoms with E-state index in [0.717, 1.165) is 17.7 Å². The van der Waals surface area contributed by atoms with Gasteiger partial charge in [-0.1, -0.05) is 43.4 Å². The molecule has 5 heteroatoms. The van der Waals surface area contributed by atoms with Gasteiger partial charge in [-0.05, 0) is 17.7 Å². The minimum absolute atomic E-state index is 0.148. The first kappa shape index (κ1) is 14.1. The summed E-state index contributed by atoms with van der Waals surface area (Å²) < 4.78 is 5.16. The van der Waals surface area contributed by atoms with Gasteiger partial charge in [-0.15, -0.1) is 0 Å². The lowest BCUT2D eigenvalue weighted by Crippen LogP contribution is -2.40. The molecule has 0 radical (unpaired) electrons. The molecule has 4 nitrogen and oxygen atoms in total. The van der Waals surface area contributed by atoms with E-state index < -0.39 is 20.3 Å². The number of carbonyl (C=O) groups is 1. The average Bonchev–Trinajstić information content (AvgIpc) is 2.61. The zero-order valence-electron chi connectivity index (χ0n) is 11.4. The maximum Gasteiger partial charge on any atom is 0.407 e. The summed E-state index contributed by atoms with van der Waals surface area (Å²) in [7, 11) is -1.34. The third-order valence-corrected chi connectivity index (χ3v) is 6.58. The molecule has 1 saturated heterocycles. The van der Waals surface area contributed by atoms with Gasteiger partial charge < -0.3 is 15.2 Å². The Balaban J connectivity index is 1.79. The first-order valence-electron chi connectivity index (χ1n) is 6.61. The van der Waals surface area contributed by atoms with Crippen molar-refractivity contribution in [2.45, 2.75) is 43.9 Å². The van der Waals surface area contributed by atoms with Crippen LogP contribution in [0.4, 0.5) is 4.79 Å². The largest absolute Gasteiger partial charge is 0.445 e. The summed E-state index contributed by atoms with van der Waals surface area (Å²) in [6, 6.07) is 11.2. The highest BCUT2D eigenvalue weighted by Gasteiger charge is 2.40. The summed E-state index contributed by atoms with van der Waals surface area (Å²) in [5, 5.41) is 12.7. The third-order valence-electron chi connectivity index (χ3n) is 3.51. The third kappa shape index (κ3) is 4.07. The molecule has 0 unspecified atom stereocenters. The van der Waals surface area contributed by atoms with Crippen LogP contribution >= 0.6 is 0 Å². The maximum absolute atomic E-state index is 11.7. The van der Waals surface area contributed by atoms with Gasteiger partial charge in [0.1, 0.15) is 6.61 Å². The number of rotatable bonds is 3. The second-order valence-corrected chi connectivity index (χ2v) is 11.1. The van der Waals surface area contributed by atoms with Crippen LogP contribution in [0.15, 0.2) is 30.3 Å². The van der Waals surface area contributed by atoms with E-state index in [-0.39, 0.29) is 12.6 Å². The van der Waals surface area contributed by atoms with E-state index in [9.17, 15) is 9.90 Å². The number of hydrogen-bond acceptors (Lipinski definition) is 3. The van der Waals surface area contributed by atoms with E-state index in [0.29, 0.717) is 0 Å². The molecule has 1 aliphatic rings. The van der Waals surface area contributed by atoms with Gasteiger partial charge in [-0.2, -0.15) is 0 Å². The van der Waals surface area contributed by atoms with Crippen LogP contribution < -0.4 is 5.32 Å². The number of aliphatic hydroxyl groups excluding tert-OH is 1. The number of hydrogen-bond donors (Lipinski definition) is 2. The molecule has 19 heavy (non-hydrogen) atoms. The van der Waals surface area contributed by atoms with E-state index in [1.54, 1.807) is 0 Å². The summed E-state index contributed by atoms with van der Waals surface area (Å²) in [4.78, 5) is 11.7. The first-order chi connectivity index (χ1) is 8.96. The molecule has 0 saturated carbocycles. The normalized spacial score (nSPS) is 25.0. The Kier molecular flexibility index (Phi) is 4.26. The fourth-order valence-electron chi connectivity index (χ4n) is 2.59. The Hall–Kier alpha value is -1.33. The van der Waals surface area contributed by atoms with Crippen LogP contribution in [0, 0.1) is 0 Å². The molecule has 104 valence electrons. The summed E-state index contributed by atoms with van der Waals surface area (Å²) in [6.07, 6.45) is -0.870. The number of aliphatic hydroxyl groups is 1. The number of nitrogens with one attached hydrogen (secondary N) is 1. The van der Waals surface area contributed by atoms with Gasteiger partial charge in [-0.3, -0.25) is 0 Å². The number of benzene rings is 1. The molecular formula is C14H21NO3Si. The Labute approximate surface area is 114 Å². The molecule has 2 atom stereocenters. The second-order valence-electron chi connectivity index (χ2n) is 5.95. The SMILES string of the molecule is C[Si]1(C)C[C@@H](O)[C@H](NC(=O)OCc2ccccc2)C1. The van der Waals surface area contributed by atoms with Crippen molar-refractivity contribution in [2.75, 3.05) is 0 Å². The Morgan fingerprint density at radius 2 is 2.05 bits per heavy atom. The fraction of sp³-hybridized carbons (Fsp3) is 0.500. The van der Waals surface area contributed by atoms with Gasteiger partial charge in [0, 0.05) is 0 Å². The van der Waals surface area contributed by atoms with Crippen molar-refractivity contribution >= 4 is 14.2 Å². The average molecular weight is 279 g/mol. The molecule has 1 aromatic rings. The van der Waals surface area contributed by atoms with E-state index in [1.165, 1.54) is 0 Å². The van der Waals surface area contributed by atoms with Crippen molar-refractivity contribution in [3.63, 3.8) is 0 Å². The number of ether oxygens (including phenoxy) is 1. The quantitative estimate of drug-likeness (QED) is 0.835. The topological polar surface area (TPSA) is 58.6 Å². The van der Waals surface area contributed by atoms with Crippen molar-refractivity contribution in [3.8, 4) is 0 Å². The number of amides is 1. The number of carbonyl (C=O) groups excluding carboxylic acids is 1. The molecule has 1 amide bonds. The number of alkyl carbamates (subject to hydrolysis) is 1. The molecule has 2 rings (SSSR count). The van der Waals surface area contributed by atoms with Crippen molar-refractivity contribution in [1.82, 2.24) is 5.32 Å². The van der Waals surface area contributed by atoms with Gasteiger partial charge in [0.05, 0.1) is 20.2 Å². The molecule has 0 aliphatic carbocycles. The molecular weight excluding hydrogens is 258 g/mol. The van der Waals surface area contributed by atoms with Gasteiger partial charge in [0.2, 0.25) is 0 Å². The fourth-order valence-corrected chi connectivity index (χ4v) is 5.73. The van der Waals surface area contributed by atoms with Crippen molar-refractivity contribution in [2.24, 2.45) is 0 Å². The second kappa shape index (κ2) is 5.75. The zero-order chi connectivity index (χ0) is 13.9. The Morgan fingerprint density at radius 1 is 1.37 bits per heavy atom. The Bertz CT molecular complexity index is 436. The highest BCUT2D eigenvalue weighted by Crippen LogP contribution is 2.30. The standard InChI is InChI=1S/C14H21NO3Si/c1-19(2)9-12(13(16)10-19)15-14(17)18-8-11-6-4-3-5-7-11/h3-7,12-13,16H,8-10H2,1-2H3,(H,15,17)/t12-,13-/m1/s1. The van der Waals surface area contributed by atoms with Crippen LogP contribution in [0.1, 0.15) is 5.56 Å². The van der Waals surface area contributed by atoms with Gasteiger partial charge in [0.15, 0.2) is 0 Å². The van der Waals surface area contributed by atoms with Crippen molar-refractivity contribution in [3.05, 3.63) is 35.9 Å². The van der Waals surface area contributed by atoms with Crippen molar-refractivity contribution < 1.29 is 14.6 Å². The lowest BCUT2D eigenvalue weighted by atomic mass is 10.2. The van der Waals surface area contributed by atoms with Gasteiger partial charge in [0.25, 0.3) is 0 Å². The van der Waals surface area contributed by atoms with Crippen LogP contribution in [0.3, 0.4) is 0 Å². The van der Waals surface area contributed by atoms with Gasteiger partial charge in [-0.25, -0.2) is 4.79 Å². The van der Waals surface area contributed by atoms with Crippen LogP contribution in [0.2, 0.25) is 25.2 Å². The van der Waals surface area contributed by atoms with Crippen LogP contribution in [-0.4, -0.2) is 31.4 Å². The predicted octanol–water partition coefficient (Wildman–Crippen LogP) is 2.36. The maximum atomic E-state index is 11.7. The summed E-state index contributed by atoms with van der Waals surface area (Å²) in [5.41, 5.74) is 0.958. The van der Waals surface area contributed by atoms with E-state index in [4.69, 9.17) is 4.74 Å². The van der Waals surface area contributed by atoms with E-state index >= 15 is 0 Å². The highest BCUT2D eigenvalue weighted by atomic mass is 28.3. The lowest BCUT2D eigenvalue weighted by molar-refractivity contribution is 0.117. The summed E-state index contributed by atoms with van der Waals surface area (Å²) >= 11 is 0. The van der Waals surface area contributed by atoms with Crippen molar-refractivity contribution in [1.29, 1.82) is 0 Å². The first-order valence-corrected chi connectivity index (χ1v) is 10.0. The molecule has 0 spiro atoms. The predicted molar refractivity (Wildman–Crippen MR) is 76.7 cm³/mol. The smallest absolute Gasteiger partial charge is 0.407 e. The summed E-state index contributed by atoms with van der Waals surface area (Å²) in [6.45, 7) is 4.72. The monoisotopic (exact) mass is 279 g/mol. The minimum Gasteiger partial charge on any atom is -0.445 e. The molecule has 1 aliphatic heterocycles. The molecule has 0 aromatic heterocycles. The van der Waals surface area contributed by atoms with Crippen LogP contribution in [0.25, 0.3) is 0 Å².